The summed E-state index contributed by atoms with van der Waals surface area (Å²) in [5, 5.41) is 4.08. The lowest BCUT2D eigenvalue weighted by Gasteiger charge is -2.11. The number of nitrogens with zero attached hydrogens (tertiary/aromatic N) is 2. The maximum Gasteiger partial charge on any atom is 0.161 e. The third-order valence-corrected chi connectivity index (χ3v) is 2.84. The van der Waals surface area contributed by atoms with Gasteiger partial charge in [-0.2, -0.15) is 5.10 Å². The molecule has 0 aliphatic rings. The molecule has 100 valence electrons. The molecule has 0 fully saturated rings. The Balaban J connectivity index is 2.13. The van der Waals surface area contributed by atoms with Crippen LogP contribution in [0.2, 0.25) is 0 Å². The fourth-order valence-corrected chi connectivity index (χ4v) is 1.77. The van der Waals surface area contributed by atoms with Crippen molar-refractivity contribution in [1.82, 2.24) is 9.78 Å². The van der Waals surface area contributed by atoms with E-state index in [2.05, 4.69) is 5.10 Å². The van der Waals surface area contributed by atoms with Crippen LogP contribution in [-0.4, -0.2) is 21.9 Å². The predicted octanol–water partition coefficient (Wildman–Crippen LogP) is 1.64. The lowest BCUT2D eigenvalue weighted by molar-refractivity contribution is 0.284. The van der Waals surface area contributed by atoms with Crippen molar-refractivity contribution in [3.8, 4) is 11.5 Å². The summed E-state index contributed by atoms with van der Waals surface area (Å²) in [6.45, 7) is 0.427. The highest BCUT2D eigenvalue weighted by Crippen LogP contribution is 2.28. The van der Waals surface area contributed by atoms with Gasteiger partial charge in [0.15, 0.2) is 11.5 Å². The Labute approximate surface area is 116 Å². The zero-order valence-electron chi connectivity index (χ0n) is 10.8. The summed E-state index contributed by atoms with van der Waals surface area (Å²) in [7, 11) is 3.44. The summed E-state index contributed by atoms with van der Waals surface area (Å²) >= 11 is 4.93. The molecule has 2 N–H and O–H groups in total. The van der Waals surface area contributed by atoms with E-state index in [0.29, 0.717) is 23.1 Å². The third kappa shape index (κ3) is 3.23. The highest BCUT2D eigenvalue weighted by atomic mass is 32.1. The average molecular weight is 277 g/mol. The molecule has 0 atom stereocenters. The second kappa shape index (κ2) is 5.71. The van der Waals surface area contributed by atoms with Crippen LogP contribution >= 0.6 is 12.2 Å². The highest BCUT2D eigenvalue weighted by Gasteiger charge is 2.08. The van der Waals surface area contributed by atoms with E-state index >= 15 is 0 Å². The van der Waals surface area contributed by atoms with Crippen LogP contribution in [0.3, 0.4) is 0 Å². The number of aryl methyl sites for hydroxylation is 1. The Hall–Kier alpha value is -2.08. The van der Waals surface area contributed by atoms with E-state index in [9.17, 15) is 0 Å². The minimum Gasteiger partial charge on any atom is -0.493 e. The average Bonchev–Trinajstić information content (AvgIpc) is 2.81. The van der Waals surface area contributed by atoms with E-state index in [4.69, 9.17) is 27.4 Å². The van der Waals surface area contributed by atoms with Gasteiger partial charge in [-0.25, -0.2) is 0 Å². The molecular formula is C13H15N3O2S. The van der Waals surface area contributed by atoms with Crippen LogP contribution in [0.5, 0.6) is 11.5 Å². The summed E-state index contributed by atoms with van der Waals surface area (Å²) in [4.78, 5) is 0.331. The summed E-state index contributed by atoms with van der Waals surface area (Å²) in [5.41, 5.74) is 7.32. The normalized spacial score (nSPS) is 10.2. The summed E-state index contributed by atoms with van der Waals surface area (Å²) in [5.74, 6) is 1.25. The summed E-state index contributed by atoms with van der Waals surface area (Å²) in [6, 6.07) is 5.37. The Morgan fingerprint density at radius 1 is 1.42 bits per heavy atom. The molecule has 0 aliphatic heterocycles. The quantitative estimate of drug-likeness (QED) is 0.842. The lowest BCUT2D eigenvalue weighted by atomic mass is 10.2. The fraction of sp³-hybridized carbons (Fsp3) is 0.231. The maximum atomic E-state index is 5.70. The Morgan fingerprint density at radius 3 is 2.79 bits per heavy atom. The van der Waals surface area contributed by atoms with Crippen molar-refractivity contribution in [3.63, 3.8) is 0 Å². The molecule has 0 unspecified atom stereocenters. The molecule has 0 aliphatic carbocycles. The first-order valence-corrected chi connectivity index (χ1v) is 6.09. The van der Waals surface area contributed by atoms with Gasteiger partial charge in [0.1, 0.15) is 11.6 Å². The van der Waals surface area contributed by atoms with E-state index in [1.807, 2.05) is 19.3 Å². The third-order valence-electron chi connectivity index (χ3n) is 2.60. The molecular weight excluding hydrogens is 262 g/mol. The van der Waals surface area contributed by atoms with Crippen LogP contribution in [0.15, 0.2) is 30.6 Å². The smallest absolute Gasteiger partial charge is 0.161 e. The molecule has 2 rings (SSSR count). The molecule has 1 aromatic heterocycles. The number of nitrogens with two attached hydrogens (primary N) is 1. The van der Waals surface area contributed by atoms with Gasteiger partial charge in [0, 0.05) is 24.4 Å². The second-order valence-corrected chi connectivity index (χ2v) is 4.48. The van der Waals surface area contributed by atoms with Crippen molar-refractivity contribution in [2.75, 3.05) is 7.11 Å². The molecule has 0 bridgehead atoms. The van der Waals surface area contributed by atoms with Gasteiger partial charge >= 0.3 is 0 Å². The SMILES string of the molecule is COc1cc(C(N)=S)ccc1OCc1cnn(C)c1. The Morgan fingerprint density at radius 2 is 2.21 bits per heavy atom. The first-order chi connectivity index (χ1) is 9.10. The number of ether oxygens (including phenoxy) is 2. The molecule has 6 heteroatoms. The van der Waals surface area contributed by atoms with Crippen LogP contribution < -0.4 is 15.2 Å². The standard InChI is InChI=1S/C13H15N3O2S/c1-16-7-9(6-15-16)8-18-11-4-3-10(13(14)19)5-12(11)17-2/h3-7H,8H2,1-2H3,(H2,14,19). The summed E-state index contributed by atoms with van der Waals surface area (Å²) < 4.78 is 12.7. The fourth-order valence-electron chi connectivity index (χ4n) is 1.65. The molecule has 0 saturated heterocycles. The van der Waals surface area contributed by atoms with E-state index in [0.717, 1.165) is 11.1 Å². The van der Waals surface area contributed by atoms with Crippen molar-refractivity contribution in [3.05, 3.63) is 41.7 Å². The van der Waals surface area contributed by atoms with Crippen LogP contribution in [0.4, 0.5) is 0 Å². The zero-order chi connectivity index (χ0) is 13.8. The Bertz CT molecular complexity index is 595. The van der Waals surface area contributed by atoms with Gasteiger partial charge in [-0.15, -0.1) is 0 Å². The van der Waals surface area contributed by atoms with E-state index < -0.39 is 0 Å². The first kappa shape index (κ1) is 13.4. The maximum absolute atomic E-state index is 5.70. The van der Waals surface area contributed by atoms with Gasteiger partial charge in [0.25, 0.3) is 0 Å². The molecule has 0 radical (unpaired) electrons. The molecule has 2 aromatic rings. The molecule has 1 aromatic carbocycles. The highest BCUT2D eigenvalue weighted by molar-refractivity contribution is 7.80. The van der Waals surface area contributed by atoms with Crippen molar-refractivity contribution >= 4 is 17.2 Å². The number of rotatable bonds is 5. The number of methoxy groups -OCH3 is 1. The molecule has 0 saturated carbocycles. The molecule has 5 nitrogen and oxygen atoms in total. The van der Waals surface area contributed by atoms with Crippen molar-refractivity contribution < 1.29 is 9.47 Å². The van der Waals surface area contributed by atoms with Gasteiger partial charge in [-0.1, -0.05) is 12.2 Å². The van der Waals surface area contributed by atoms with Crippen LogP contribution in [0.25, 0.3) is 0 Å². The van der Waals surface area contributed by atoms with Crippen LogP contribution in [0, 0.1) is 0 Å². The number of thiocarbonyl (C=S) groups is 1. The van der Waals surface area contributed by atoms with Gasteiger partial charge in [0.2, 0.25) is 0 Å². The summed E-state index contributed by atoms with van der Waals surface area (Å²) in [6.07, 6.45) is 3.66. The van der Waals surface area contributed by atoms with Crippen molar-refractivity contribution in [2.45, 2.75) is 6.61 Å². The number of hydrogen-bond donors (Lipinski definition) is 1. The minimum absolute atomic E-state index is 0.331. The van der Waals surface area contributed by atoms with Crippen molar-refractivity contribution in [2.24, 2.45) is 12.8 Å². The minimum atomic E-state index is 0.331. The van der Waals surface area contributed by atoms with Crippen LogP contribution in [-0.2, 0) is 13.7 Å². The van der Waals surface area contributed by atoms with E-state index in [-0.39, 0.29) is 0 Å². The zero-order valence-corrected chi connectivity index (χ0v) is 11.6. The van der Waals surface area contributed by atoms with Gasteiger partial charge < -0.3 is 15.2 Å². The lowest BCUT2D eigenvalue weighted by Crippen LogP contribution is -2.09. The van der Waals surface area contributed by atoms with E-state index in [1.165, 1.54) is 0 Å². The van der Waals surface area contributed by atoms with Gasteiger partial charge in [-0.3, -0.25) is 4.68 Å². The molecule has 19 heavy (non-hydrogen) atoms. The number of benzene rings is 1. The number of aromatic nitrogens is 2. The molecule has 1 heterocycles. The predicted molar refractivity (Wildman–Crippen MR) is 76.4 cm³/mol. The molecule has 0 spiro atoms. The largest absolute Gasteiger partial charge is 0.493 e. The topological polar surface area (TPSA) is 62.3 Å². The first-order valence-electron chi connectivity index (χ1n) is 5.68. The molecule has 0 amide bonds. The van der Waals surface area contributed by atoms with E-state index in [1.54, 1.807) is 30.1 Å². The number of hydrogen-bond acceptors (Lipinski definition) is 4. The second-order valence-electron chi connectivity index (χ2n) is 4.04. The van der Waals surface area contributed by atoms with Crippen molar-refractivity contribution in [1.29, 1.82) is 0 Å². The van der Waals surface area contributed by atoms with Gasteiger partial charge in [0.05, 0.1) is 13.3 Å². The monoisotopic (exact) mass is 277 g/mol. The van der Waals surface area contributed by atoms with Gasteiger partial charge in [-0.05, 0) is 18.2 Å². The Kier molecular flexibility index (Phi) is 4.01. The van der Waals surface area contributed by atoms with Crippen LogP contribution in [0.1, 0.15) is 11.1 Å².